The van der Waals surface area contributed by atoms with Crippen LogP contribution in [0.4, 0.5) is 10.1 Å². The Morgan fingerprint density at radius 3 is 2.91 bits per heavy atom. The third kappa shape index (κ3) is 3.33. The van der Waals surface area contributed by atoms with Crippen LogP contribution in [0.3, 0.4) is 0 Å². The van der Waals surface area contributed by atoms with E-state index >= 15 is 0 Å². The fourth-order valence-corrected chi connectivity index (χ4v) is 3.74. The molecule has 0 aromatic heterocycles. The minimum atomic E-state index is -0.338. The molecule has 0 bridgehead atoms. The lowest BCUT2D eigenvalue weighted by Crippen LogP contribution is -2.42. The highest BCUT2D eigenvalue weighted by Crippen LogP contribution is 2.36. The SMILES string of the molecule is C[C@H]1COC2CC(C(=O)NO)CCC2CN1c1ccccc1F. The predicted octanol–water partition coefficient (Wildman–Crippen LogP) is 2.34. The van der Waals surface area contributed by atoms with Crippen LogP contribution in [0.1, 0.15) is 26.2 Å². The molecule has 3 rings (SSSR count). The second-order valence-electron chi connectivity index (χ2n) is 6.57. The van der Waals surface area contributed by atoms with E-state index in [1.165, 1.54) is 6.07 Å². The van der Waals surface area contributed by atoms with Gasteiger partial charge in [-0.15, -0.1) is 0 Å². The van der Waals surface area contributed by atoms with Gasteiger partial charge in [0, 0.05) is 24.4 Å². The van der Waals surface area contributed by atoms with Crippen LogP contribution >= 0.6 is 0 Å². The summed E-state index contributed by atoms with van der Waals surface area (Å²) in [6.07, 6.45) is 2.14. The van der Waals surface area contributed by atoms with Crippen LogP contribution in [0, 0.1) is 17.7 Å². The molecule has 23 heavy (non-hydrogen) atoms. The van der Waals surface area contributed by atoms with Gasteiger partial charge < -0.3 is 9.64 Å². The van der Waals surface area contributed by atoms with Crippen molar-refractivity contribution in [3.8, 4) is 0 Å². The van der Waals surface area contributed by atoms with Crippen LogP contribution in [-0.2, 0) is 9.53 Å². The number of nitrogens with zero attached hydrogens (tertiary/aromatic N) is 1. The molecule has 2 N–H and O–H groups in total. The van der Waals surface area contributed by atoms with Gasteiger partial charge >= 0.3 is 0 Å². The Kier molecular flexibility index (Phi) is 4.82. The van der Waals surface area contributed by atoms with E-state index in [1.807, 2.05) is 13.0 Å². The number of amides is 1. The molecule has 1 saturated heterocycles. The minimum absolute atomic E-state index is 0.0229. The van der Waals surface area contributed by atoms with Gasteiger partial charge in [-0.25, -0.2) is 9.87 Å². The lowest BCUT2D eigenvalue weighted by molar-refractivity contribution is -0.137. The third-order valence-electron chi connectivity index (χ3n) is 5.09. The standard InChI is InChI=1S/C17H23FN2O3/c1-11-10-23-16-8-12(17(21)19-22)6-7-13(16)9-20(11)15-5-3-2-4-14(15)18/h2-5,11-13,16,22H,6-10H2,1H3,(H,19,21)/t11-,12?,13?,16?/m0/s1. The molecule has 6 heteroatoms. The number of halogens is 1. The Morgan fingerprint density at radius 2 is 2.17 bits per heavy atom. The number of hydrogen-bond acceptors (Lipinski definition) is 4. The number of nitrogens with one attached hydrogen (secondary N) is 1. The van der Waals surface area contributed by atoms with Crippen LogP contribution in [-0.4, -0.2) is 36.4 Å². The summed E-state index contributed by atoms with van der Waals surface area (Å²) in [5.74, 6) is -0.500. The predicted molar refractivity (Wildman–Crippen MR) is 83.7 cm³/mol. The van der Waals surface area contributed by atoms with E-state index in [1.54, 1.807) is 17.6 Å². The van der Waals surface area contributed by atoms with Gasteiger partial charge in [-0.2, -0.15) is 0 Å². The van der Waals surface area contributed by atoms with E-state index < -0.39 is 0 Å². The van der Waals surface area contributed by atoms with Crippen LogP contribution in [0.5, 0.6) is 0 Å². The molecule has 5 nitrogen and oxygen atoms in total. The molecular formula is C17H23FN2O3. The number of fused-ring (bicyclic) bond motifs is 1. The summed E-state index contributed by atoms with van der Waals surface area (Å²) in [6.45, 7) is 3.25. The van der Waals surface area contributed by atoms with E-state index in [9.17, 15) is 9.18 Å². The van der Waals surface area contributed by atoms with Gasteiger partial charge in [0.05, 0.1) is 18.4 Å². The Labute approximate surface area is 135 Å². The summed E-state index contributed by atoms with van der Waals surface area (Å²) in [5, 5.41) is 8.81. The lowest BCUT2D eigenvalue weighted by Gasteiger charge is -2.35. The molecule has 1 amide bonds. The quantitative estimate of drug-likeness (QED) is 0.648. The number of hydrogen-bond donors (Lipinski definition) is 2. The van der Waals surface area contributed by atoms with Gasteiger partial charge in [-0.1, -0.05) is 12.1 Å². The summed E-state index contributed by atoms with van der Waals surface area (Å²) in [4.78, 5) is 13.7. The van der Waals surface area contributed by atoms with Crippen molar-refractivity contribution >= 4 is 11.6 Å². The highest BCUT2D eigenvalue weighted by molar-refractivity contribution is 5.77. The first-order chi connectivity index (χ1) is 11.1. The summed E-state index contributed by atoms with van der Waals surface area (Å²) < 4.78 is 20.2. The number of benzene rings is 1. The maximum atomic E-state index is 14.2. The van der Waals surface area contributed by atoms with Crippen LogP contribution in [0.2, 0.25) is 0 Å². The number of anilines is 1. The fraction of sp³-hybridized carbons (Fsp3) is 0.588. The lowest BCUT2D eigenvalue weighted by atomic mass is 9.79. The van der Waals surface area contributed by atoms with Crippen molar-refractivity contribution in [3.05, 3.63) is 30.1 Å². The zero-order chi connectivity index (χ0) is 16.4. The van der Waals surface area contributed by atoms with Crippen molar-refractivity contribution < 1.29 is 19.1 Å². The second kappa shape index (κ2) is 6.84. The first kappa shape index (κ1) is 16.2. The van der Waals surface area contributed by atoms with E-state index in [-0.39, 0.29) is 35.7 Å². The highest BCUT2D eigenvalue weighted by Gasteiger charge is 2.38. The van der Waals surface area contributed by atoms with Crippen LogP contribution < -0.4 is 10.4 Å². The molecule has 1 aromatic rings. The number of rotatable bonds is 2. The molecule has 3 unspecified atom stereocenters. The van der Waals surface area contributed by atoms with Crippen molar-refractivity contribution in [3.63, 3.8) is 0 Å². The molecule has 0 spiro atoms. The zero-order valence-corrected chi connectivity index (χ0v) is 13.2. The smallest absolute Gasteiger partial charge is 0.246 e. The van der Waals surface area contributed by atoms with E-state index in [0.717, 1.165) is 19.4 Å². The summed E-state index contributed by atoms with van der Waals surface area (Å²) in [5.41, 5.74) is 2.35. The van der Waals surface area contributed by atoms with Gasteiger partial charge in [-0.05, 0) is 38.3 Å². The largest absolute Gasteiger partial charge is 0.376 e. The Hall–Kier alpha value is -1.66. The first-order valence-corrected chi connectivity index (χ1v) is 8.17. The van der Waals surface area contributed by atoms with E-state index in [4.69, 9.17) is 9.94 Å². The van der Waals surface area contributed by atoms with E-state index in [0.29, 0.717) is 18.7 Å². The molecule has 4 atom stereocenters. The third-order valence-corrected chi connectivity index (χ3v) is 5.09. The average Bonchev–Trinajstić information content (AvgIpc) is 2.73. The average molecular weight is 322 g/mol. The monoisotopic (exact) mass is 322 g/mol. The Bertz CT molecular complexity index is 569. The Morgan fingerprint density at radius 1 is 1.39 bits per heavy atom. The van der Waals surface area contributed by atoms with Gasteiger partial charge in [-0.3, -0.25) is 10.0 Å². The van der Waals surface area contributed by atoms with Crippen molar-refractivity contribution in [1.29, 1.82) is 0 Å². The second-order valence-corrected chi connectivity index (χ2v) is 6.57. The van der Waals surface area contributed by atoms with Gasteiger partial charge in [0.25, 0.3) is 0 Å². The summed E-state index contributed by atoms with van der Waals surface area (Å²) in [7, 11) is 0. The van der Waals surface area contributed by atoms with Crippen molar-refractivity contribution in [2.75, 3.05) is 18.1 Å². The molecule has 0 radical (unpaired) electrons. The molecule has 2 aliphatic rings. The minimum Gasteiger partial charge on any atom is -0.376 e. The van der Waals surface area contributed by atoms with Crippen molar-refractivity contribution in [2.24, 2.45) is 11.8 Å². The number of para-hydroxylation sites is 1. The normalized spacial score (nSPS) is 31.2. The fourth-order valence-electron chi connectivity index (χ4n) is 3.74. The highest BCUT2D eigenvalue weighted by atomic mass is 19.1. The van der Waals surface area contributed by atoms with Gasteiger partial charge in [0.1, 0.15) is 5.82 Å². The first-order valence-electron chi connectivity index (χ1n) is 8.17. The zero-order valence-electron chi connectivity index (χ0n) is 13.2. The summed E-state index contributed by atoms with van der Waals surface area (Å²) in [6, 6.07) is 6.89. The van der Waals surface area contributed by atoms with Crippen molar-refractivity contribution in [1.82, 2.24) is 5.48 Å². The van der Waals surface area contributed by atoms with Crippen LogP contribution in [0.15, 0.2) is 24.3 Å². The van der Waals surface area contributed by atoms with Gasteiger partial charge in [0.2, 0.25) is 5.91 Å². The molecule has 1 saturated carbocycles. The number of carbonyl (C=O) groups is 1. The van der Waals surface area contributed by atoms with Crippen LogP contribution in [0.25, 0.3) is 0 Å². The number of carbonyl (C=O) groups excluding carboxylic acids is 1. The Balaban J connectivity index is 1.76. The molecule has 126 valence electrons. The molecule has 2 fully saturated rings. The molecule has 1 aromatic carbocycles. The summed E-state index contributed by atoms with van der Waals surface area (Å²) >= 11 is 0. The molecule has 1 aliphatic heterocycles. The molecule has 1 aliphatic carbocycles. The van der Waals surface area contributed by atoms with Gasteiger partial charge in [0.15, 0.2) is 0 Å². The molecule has 1 heterocycles. The number of hydroxylamine groups is 1. The number of ether oxygens (including phenoxy) is 1. The maximum Gasteiger partial charge on any atom is 0.246 e. The topological polar surface area (TPSA) is 61.8 Å². The maximum absolute atomic E-state index is 14.2. The van der Waals surface area contributed by atoms with E-state index in [2.05, 4.69) is 4.90 Å². The molecular weight excluding hydrogens is 299 g/mol. The van der Waals surface area contributed by atoms with Crippen molar-refractivity contribution in [2.45, 2.75) is 38.3 Å².